The molecule has 216 valence electrons. The number of hydrogen-bond donors (Lipinski definition) is 2. The minimum atomic E-state index is -3.91. The number of alkyl halides is 1. The van der Waals surface area contributed by atoms with E-state index in [0.29, 0.717) is 18.4 Å². The van der Waals surface area contributed by atoms with E-state index in [0.717, 1.165) is 0 Å². The molecule has 2 aromatic carbocycles. The lowest BCUT2D eigenvalue weighted by atomic mass is 9.91. The van der Waals surface area contributed by atoms with Crippen LogP contribution in [0.3, 0.4) is 0 Å². The first kappa shape index (κ1) is 32.6. The fraction of sp³-hybridized carbons (Fsp3) is 0.517. The predicted molar refractivity (Wildman–Crippen MR) is 159 cm³/mol. The van der Waals surface area contributed by atoms with E-state index in [-0.39, 0.29) is 70.2 Å². The molecule has 8 nitrogen and oxygen atoms in total. The minimum absolute atomic E-state index is 0.0611. The van der Waals surface area contributed by atoms with Crippen molar-refractivity contribution in [1.82, 2.24) is 10.4 Å². The van der Waals surface area contributed by atoms with Gasteiger partial charge in [0.05, 0.1) is 15.9 Å². The molecule has 2 N–H and O–H groups in total. The molecule has 2 amide bonds. The lowest BCUT2D eigenvalue weighted by molar-refractivity contribution is -0.142. The largest absolute Gasteiger partial charge is 0.505 e. The van der Waals surface area contributed by atoms with Crippen molar-refractivity contribution in [1.29, 1.82) is 0 Å². The molecule has 0 unspecified atom stereocenters. The number of sulfonamides is 1. The van der Waals surface area contributed by atoms with E-state index in [1.807, 2.05) is 41.5 Å². The van der Waals surface area contributed by atoms with Gasteiger partial charge in [0, 0.05) is 19.5 Å². The van der Waals surface area contributed by atoms with Crippen LogP contribution in [0.25, 0.3) is 0 Å². The maximum atomic E-state index is 13.6. The summed E-state index contributed by atoms with van der Waals surface area (Å²) in [5, 5.41) is 12.7. The summed E-state index contributed by atoms with van der Waals surface area (Å²) in [6.45, 7) is 12.3. The molecule has 0 radical (unpaired) electrons. The van der Waals surface area contributed by atoms with E-state index >= 15 is 0 Å². The number of rotatable bonds is 12. The zero-order valence-electron chi connectivity index (χ0n) is 23.8. The summed E-state index contributed by atoms with van der Waals surface area (Å²) in [4.78, 5) is 25.2. The van der Waals surface area contributed by atoms with Gasteiger partial charge in [-0.1, -0.05) is 87.8 Å². The van der Waals surface area contributed by atoms with E-state index in [4.69, 9.17) is 0 Å². The highest BCUT2D eigenvalue weighted by atomic mass is 79.9. The predicted octanol–water partition coefficient (Wildman–Crippen LogP) is 5.50. The number of anilines is 1. The van der Waals surface area contributed by atoms with Crippen LogP contribution in [0.2, 0.25) is 0 Å². The summed E-state index contributed by atoms with van der Waals surface area (Å²) in [5.74, 6) is -0.531. The summed E-state index contributed by atoms with van der Waals surface area (Å²) in [5.41, 5.74) is 3.19. The van der Waals surface area contributed by atoms with E-state index < -0.39 is 10.0 Å². The Morgan fingerprint density at radius 3 is 2.23 bits per heavy atom. The van der Waals surface area contributed by atoms with Crippen LogP contribution in [0.15, 0.2) is 53.4 Å². The Balaban J connectivity index is 2.36. The fourth-order valence-corrected chi connectivity index (χ4v) is 5.73. The van der Waals surface area contributed by atoms with Gasteiger partial charge in [0.25, 0.3) is 10.0 Å². The Kier molecular flexibility index (Phi) is 11.8. The highest BCUT2D eigenvalue weighted by Gasteiger charge is 2.29. The monoisotopic (exact) mass is 623 g/mol. The smallest absolute Gasteiger partial charge is 0.264 e. The van der Waals surface area contributed by atoms with Crippen molar-refractivity contribution in [3.8, 4) is 5.75 Å². The Morgan fingerprint density at radius 2 is 1.67 bits per heavy atom. The lowest BCUT2D eigenvalue weighted by Gasteiger charge is -2.30. The summed E-state index contributed by atoms with van der Waals surface area (Å²) < 4.78 is 28.5. The van der Waals surface area contributed by atoms with Gasteiger partial charge in [-0.15, -0.1) is 0 Å². The summed E-state index contributed by atoms with van der Waals surface area (Å²) in [7, 11) is -3.91. The van der Waals surface area contributed by atoms with Crippen LogP contribution in [0, 0.1) is 17.3 Å². The Morgan fingerprint density at radius 1 is 1.03 bits per heavy atom. The van der Waals surface area contributed by atoms with Gasteiger partial charge in [-0.3, -0.25) is 24.3 Å². The molecule has 0 fully saturated rings. The SMILES string of the molecule is CC(C)CCN(c1cccc(C[C@@H](C)CN(NC(=O)CBr)C(=O)CC(C)(C)C)c1O)S(=O)(=O)c1ccccc1. The highest BCUT2D eigenvalue weighted by molar-refractivity contribution is 9.09. The van der Waals surface area contributed by atoms with Crippen LogP contribution >= 0.6 is 15.9 Å². The molecular weight excluding hydrogens is 582 g/mol. The zero-order valence-corrected chi connectivity index (χ0v) is 26.2. The summed E-state index contributed by atoms with van der Waals surface area (Å²) in [6.07, 6.45) is 1.24. The van der Waals surface area contributed by atoms with Gasteiger partial charge in [0.2, 0.25) is 11.8 Å². The number of phenols is 1. The zero-order chi connectivity index (χ0) is 29.4. The van der Waals surface area contributed by atoms with Gasteiger partial charge >= 0.3 is 0 Å². The molecule has 0 spiro atoms. The first-order chi connectivity index (χ1) is 18.2. The topological polar surface area (TPSA) is 107 Å². The molecule has 1 atom stereocenters. The molecule has 0 aliphatic rings. The first-order valence-corrected chi connectivity index (χ1v) is 15.8. The number of hydrogen-bond acceptors (Lipinski definition) is 5. The Hall–Kier alpha value is -2.59. The van der Waals surface area contributed by atoms with E-state index in [9.17, 15) is 23.1 Å². The van der Waals surface area contributed by atoms with Crippen molar-refractivity contribution >= 4 is 43.5 Å². The number of carbonyl (C=O) groups excluding carboxylic acids is 2. The van der Waals surface area contributed by atoms with Crippen molar-refractivity contribution < 1.29 is 23.1 Å². The third kappa shape index (κ3) is 9.83. The molecule has 0 saturated carbocycles. The van der Waals surface area contributed by atoms with Crippen molar-refractivity contribution in [2.24, 2.45) is 17.3 Å². The van der Waals surface area contributed by atoms with Gasteiger partial charge in [-0.25, -0.2) is 8.42 Å². The molecule has 0 aromatic heterocycles. The minimum Gasteiger partial charge on any atom is -0.505 e. The normalized spacial score (nSPS) is 12.7. The third-order valence-electron chi connectivity index (χ3n) is 6.03. The first-order valence-electron chi connectivity index (χ1n) is 13.2. The van der Waals surface area contributed by atoms with Crippen LogP contribution in [-0.4, -0.2) is 48.8 Å². The molecule has 0 heterocycles. The number of amides is 2. The second-order valence-corrected chi connectivity index (χ2v) is 14.0. The molecule has 10 heteroatoms. The molecule has 39 heavy (non-hydrogen) atoms. The number of nitrogens with zero attached hydrogens (tertiary/aromatic N) is 2. The van der Waals surface area contributed by atoms with Crippen molar-refractivity contribution in [3.63, 3.8) is 0 Å². The Labute approximate surface area is 241 Å². The van der Waals surface area contributed by atoms with Gasteiger partial charge < -0.3 is 5.11 Å². The van der Waals surface area contributed by atoms with Crippen LogP contribution in [-0.2, 0) is 26.0 Å². The third-order valence-corrected chi connectivity index (χ3v) is 8.37. The van der Waals surface area contributed by atoms with Crippen LogP contribution in [0.4, 0.5) is 5.69 Å². The van der Waals surface area contributed by atoms with Crippen molar-refractivity contribution in [2.75, 3.05) is 22.7 Å². The molecule has 0 aliphatic heterocycles. The highest BCUT2D eigenvalue weighted by Crippen LogP contribution is 2.36. The number of halogens is 1. The molecule has 2 rings (SSSR count). The standard InChI is InChI=1S/C29H42BrN3O5S/c1-21(2)15-16-33(39(37,38)24-12-8-7-9-13-24)25-14-10-11-23(28(25)36)17-22(3)20-32(31-26(34)19-30)27(35)18-29(4,5)6/h7-14,21-22,36H,15-20H2,1-6H3,(H,31,34)/t22-/m1/s1. The molecular formula is C29H42BrN3O5S. The number of aromatic hydroxyl groups is 1. The van der Waals surface area contributed by atoms with Crippen LogP contribution in [0.1, 0.15) is 59.9 Å². The van der Waals surface area contributed by atoms with Gasteiger partial charge in [-0.05, 0) is 53.9 Å². The van der Waals surface area contributed by atoms with Crippen LogP contribution in [0.5, 0.6) is 5.75 Å². The number of phenolic OH excluding ortho intramolecular Hbond substituents is 1. The second-order valence-electron chi connectivity index (χ2n) is 11.6. The van der Waals surface area contributed by atoms with E-state index in [2.05, 4.69) is 21.4 Å². The van der Waals surface area contributed by atoms with Gasteiger partial charge in [0.1, 0.15) is 5.75 Å². The van der Waals surface area contributed by atoms with E-state index in [1.165, 1.54) is 9.31 Å². The molecule has 0 aliphatic carbocycles. The number of para-hydroxylation sites is 1. The molecule has 0 saturated heterocycles. The number of carbonyl (C=O) groups is 2. The summed E-state index contributed by atoms with van der Waals surface area (Å²) in [6, 6.07) is 13.3. The molecule has 2 aromatic rings. The fourth-order valence-electron chi connectivity index (χ4n) is 4.10. The average molecular weight is 625 g/mol. The second kappa shape index (κ2) is 14.2. The van der Waals surface area contributed by atoms with Gasteiger partial charge in [-0.2, -0.15) is 0 Å². The maximum Gasteiger partial charge on any atom is 0.264 e. The number of benzene rings is 2. The number of nitrogens with one attached hydrogen (secondary N) is 1. The average Bonchev–Trinajstić information content (AvgIpc) is 2.84. The van der Waals surface area contributed by atoms with Crippen molar-refractivity contribution in [2.45, 2.75) is 65.7 Å². The Bertz CT molecular complexity index is 1210. The maximum absolute atomic E-state index is 13.6. The number of hydrazine groups is 1. The molecule has 0 bridgehead atoms. The lowest BCUT2D eigenvalue weighted by Crippen LogP contribution is -2.49. The van der Waals surface area contributed by atoms with Crippen molar-refractivity contribution in [3.05, 3.63) is 54.1 Å². The van der Waals surface area contributed by atoms with Gasteiger partial charge in [0.15, 0.2) is 0 Å². The van der Waals surface area contributed by atoms with E-state index in [1.54, 1.807) is 48.5 Å². The quantitative estimate of drug-likeness (QED) is 0.240. The van der Waals surface area contributed by atoms with Crippen LogP contribution < -0.4 is 9.73 Å². The summed E-state index contributed by atoms with van der Waals surface area (Å²) >= 11 is 3.12.